The molecule has 0 unspecified atom stereocenters. The fraction of sp³-hybridized carbons (Fsp3) is 0.278. The third-order valence-corrected chi connectivity index (χ3v) is 3.07. The Hall–Kier alpha value is -2.89. The van der Waals surface area contributed by atoms with E-state index in [1.54, 1.807) is 25.3 Å². The van der Waals surface area contributed by atoms with Crippen molar-refractivity contribution in [3.05, 3.63) is 42.5 Å². The first-order chi connectivity index (χ1) is 11.3. The number of anilines is 4. The Morgan fingerprint density at radius 3 is 2.46 bits per heavy atom. The molecule has 4 N–H and O–H groups in total. The average Bonchev–Trinajstić information content (AvgIpc) is 2.49. The summed E-state index contributed by atoms with van der Waals surface area (Å²) in [5.41, 5.74) is 8.03. The van der Waals surface area contributed by atoms with E-state index in [0.29, 0.717) is 22.8 Å². The van der Waals surface area contributed by atoms with Crippen LogP contribution in [0.3, 0.4) is 0 Å². The van der Waals surface area contributed by atoms with Gasteiger partial charge in [-0.2, -0.15) is 0 Å². The number of hydrogen-bond acceptors (Lipinski definition) is 5. The van der Waals surface area contributed by atoms with Crippen LogP contribution in [0.25, 0.3) is 0 Å². The van der Waals surface area contributed by atoms with Crippen molar-refractivity contribution in [2.24, 2.45) is 0 Å². The summed E-state index contributed by atoms with van der Waals surface area (Å²) in [5, 5.41) is 5.90. The minimum absolute atomic E-state index is 0.518. The van der Waals surface area contributed by atoms with Crippen molar-refractivity contribution < 1.29 is 14.3 Å². The van der Waals surface area contributed by atoms with Gasteiger partial charge in [0.2, 0.25) is 0 Å². The lowest BCUT2D eigenvalue weighted by atomic mass is 10.2. The minimum Gasteiger partial charge on any atom is -0.495 e. The molecular formula is C18H23N3O3. The molecule has 0 atom stereocenters. The summed E-state index contributed by atoms with van der Waals surface area (Å²) in [6, 6.07) is 12.7. The molecule has 0 aliphatic carbocycles. The highest BCUT2D eigenvalue weighted by atomic mass is 16.6. The van der Waals surface area contributed by atoms with Gasteiger partial charge in [-0.25, -0.2) is 4.79 Å². The van der Waals surface area contributed by atoms with Crippen molar-refractivity contribution in [3.63, 3.8) is 0 Å². The summed E-state index contributed by atoms with van der Waals surface area (Å²) in [4.78, 5) is 11.9. The van der Waals surface area contributed by atoms with Gasteiger partial charge in [0.15, 0.2) is 0 Å². The summed E-state index contributed by atoms with van der Waals surface area (Å²) >= 11 is 0. The second-order valence-electron chi connectivity index (χ2n) is 6.25. The summed E-state index contributed by atoms with van der Waals surface area (Å²) in [6.07, 6.45) is -0.518. The Kier molecular flexibility index (Phi) is 5.18. The van der Waals surface area contributed by atoms with Crippen LogP contribution in [0.15, 0.2) is 42.5 Å². The molecule has 0 aliphatic rings. The number of para-hydroxylation sites is 2. The molecule has 6 heteroatoms. The maximum atomic E-state index is 11.9. The van der Waals surface area contributed by atoms with E-state index in [-0.39, 0.29) is 0 Å². The molecule has 128 valence electrons. The molecule has 0 saturated carbocycles. The van der Waals surface area contributed by atoms with Crippen molar-refractivity contribution in [3.8, 4) is 5.75 Å². The van der Waals surface area contributed by atoms with Crippen LogP contribution >= 0.6 is 0 Å². The summed E-state index contributed by atoms with van der Waals surface area (Å²) in [5.74, 6) is 0.697. The van der Waals surface area contributed by atoms with Gasteiger partial charge in [0.25, 0.3) is 0 Å². The highest BCUT2D eigenvalue weighted by Gasteiger charge is 2.16. The molecule has 0 spiro atoms. The fourth-order valence-electron chi connectivity index (χ4n) is 2.06. The van der Waals surface area contributed by atoms with Crippen molar-refractivity contribution in [2.75, 3.05) is 23.5 Å². The van der Waals surface area contributed by atoms with Crippen LogP contribution < -0.4 is 21.1 Å². The van der Waals surface area contributed by atoms with Gasteiger partial charge < -0.3 is 20.5 Å². The number of nitrogen functional groups attached to an aromatic ring is 1. The largest absolute Gasteiger partial charge is 0.495 e. The molecule has 2 rings (SSSR count). The van der Waals surface area contributed by atoms with Crippen LogP contribution in [0, 0.1) is 0 Å². The number of methoxy groups -OCH3 is 1. The molecule has 2 aromatic carbocycles. The first-order valence-corrected chi connectivity index (χ1v) is 7.58. The predicted molar refractivity (Wildman–Crippen MR) is 97.0 cm³/mol. The molecule has 0 aromatic heterocycles. The number of carbonyl (C=O) groups excluding carboxylic acids is 1. The molecule has 0 heterocycles. The van der Waals surface area contributed by atoms with E-state index in [2.05, 4.69) is 10.6 Å². The van der Waals surface area contributed by atoms with Crippen LogP contribution in [-0.2, 0) is 4.74 Å². The van der Waals surface area contributed by atoms with Crippen molar-refractivity contribution >= 4 is 28.8 Å². The van der Waals surface area contributed by atoms with Gasteiger partial charge in [-0.15, -0.1) is 0 Å². The molecule has 0 aliphatic heterocycles. The van der Waals surface area contributed by atoms with Gasteiger partial charge in [-0.05, 0) is 51.1 Å². The Bertz CT molecular complexity index is 724. The molecule has 0 fully saturated rings. The molecule has 24 heavy (non-hydrogen) atoms. The summed E-state index contributed by atoms with van der Waals surface area (Å²) in [6.45, 7) is 5.43. The lowest BCUT2D eigenvalue weighted by Gasteiger charge is -2.20. The predicted octanol–water partition coefficient (Wildman–Crippen LogP) is 4.37. The molecule has 2 aromatic rings. The van der Waals surface area contributed by atoms with Gasteiger partial charge in [-0.1, -0.05) is 12.1 Å². The van der Waals surface area contributed by atoms with Crippen LogP contribution in [0.1, 0.15) is 20.8 Å². The average molecular weight is 329 g/mol. The van der Waals surface area contributed by atoms with E-state index < -0.39 is 11.7 Å². The molecule has 0 saturated heterocycles. The number of rotatable bonds is 4. The van der Waals surface area contributed by atoms with Crippen LogP contribution in [0.2, 0.25) is 0 Å². The highest BCUT2D eigenvalue weighted by molar-refractivity contribution is 5.88. The van der Waals surface area contributed by atoms with E-state index in [0.717, 1.165) is 5.69 Å². The van der Waals surface area contributed by atoms with Gasteiger partial charge in [-0.3, -0.25) is 5.32 Å². The molecule has 0 radical (unpaired) electrons. The number of carbonyl (C=O) groups is 1. The lowest BCUT2D eigenvalue weighted by Crippen LogP contribution is -2.27. The van der Waals surface area contributed by atoms with E-state index in [4.69, 9.17) is 15.2 Å². The maximum Gasteiger partial charge on any atom is 0.412 e. The van der Waals surface area contributed by atoms with Crippen molar-refractivity contribution in [2.45, 2.75) is 26.4 Å². The summed E-state index contributed by atoms with van der Waals surface area (Å²) < 4.78 is 10.6. The summed E-state index contributed by atoms with van der Waals surface area (Å²) in [7, 11) is 1.60. The quantitative estimate of drug-likeness (QED) is 0.725. The van der Waals surface area contributed by atoms with E-state index in [1.807, 2.05) is 45.0 Å². The third kappa shape index (κ3) is 4.81. The zero-order valence-corrected chi connectivity index (χ0v) is 14.3. The van der Waals surface area contributed by atoms with Crippen LogP contribution in [0.5, 0.6) is 5.75 Å². The minimum atomic E-state index is -0.559. The van der Waals surface area contributed by atoms with Gasteiger partial charge in [0, 0.05) is 5.69 Å². The number of hydrogen-bond donors (Lipinski definition) is 3. The second kappa shape index (κ2) is 7.12. The van der Waals surface area contributed by atoms with E-state index >= 15 is 0 Å². The Morgan fingerprint density at radius 1 is 1.08 bits per heavy atom. The first kappa shape index (κ1) is 17.5. The molecular weight excluding hydrogens is 306 g/mol. The fourth-order valence-corrected chi connectivity index (χ4v) is 2.06. The van der Waals surface area contributed by atoms with Crippen molar-refractivity contribution in [1.29, 1.82) is 0 Å². The number of benzene rings is 2. The van der Waals surface area contributed by atoms with Gasteiger partial charge in [0.05, 0.1) is 24.2 Å². The Morgan fingerprint density at radius 2 is 1.79 bits per heavy atom. The monoisotopic (exact) mass is 329 g/mol. The highest BCUT2D eigenvalue weighted by Crippen LogP contribution is 2.31. The van der Waals surface area contributed by atoms with Gasteiger partial charge >= 0.3 is 6.09 Å². The number of nitrogens with one attached hydrogen (secondary N) is 2. The maximum absolute atomic E-state index is 11.9. The third-order valence-electron chi connectivity index (χ3n) is 3.07. The molecule has 0 bridgehead atoms. The smallest absolute Gasteiger partial charge is 0.412 e. The van der Waals surface area contributed by atoms with Crippen LogP contribution in [-0.4, -0.2) is 18.8 Å². The molecule has 1 amide bonds. The first-order valence-electron chi connectivity index (χ1n) is 7.58. The lowest BCUT2D eigenvalue weighted by molar-refractivity contribution is 0.0636. The SMILES string of the molecule is COc1ccccc1Nc1cc(NC(=O)OC(C)(C)C)ccc1N. The second-order valence-corrected chi connectivity index (χ2v) is 6.25. The Balaban J connectivity index is 2.18. The zero-order chi connectivity index (χ0) is 17.7. The number of amides is 1. The normalized spacial score (nSPS) is 10.8. The topological polar surface area (TPSA) is 85.6 Å². The Labute approximate surface area is 142 Å². The molecule has 6 nitrogen and oxygen atoms in total. The van der Waals surface area contributed by atoms with E-state index in [1.165, 1.54) is 0 Å². The van der Waals surface area contributed by atoms with Crippen LogP contribution in [0.4, 0.5) is 27.5 Å². The van der Waals surface area contributed by atoms with Gasteiger partial charge in [0.1, 0.15) is 11.4 Å². The number of ether oxygens (including phenoxy) is 2. The standard InChI is InChI=1S/C18H23N3O3/c1-18(2,3)24-17(22)20-12-9-10-13(19)15(11-12)21-14-7-5-6-8-16(14)23-4/h5-11,21H,19H2,1-4H3,(H,20,22). The number of nitrogens with two attached hydrogens (primary N) is 1. The zero-order valence-electron chi connectivity index (χ0n) is 14.3. The van der Waals surface area contributed by atoms with E-state index in [9.17, 15) is 4.79 Å². The van der Waals surface area contributed by atoms with Crippen molar-refractivity contribution in [1.82, 2.24) is 0 Å².